The van der Waals surface area contributed by atoms with Crippen LogP contribution < -0.4 is 15.4 Å². The van der Waals surface area contributed by atoms with Crippen molar-refractivity contribution in [2.24, 2.45) is 0 Å². The number of hydrogen-bond acceptors (Lipinski definition) is 7. The molecule has 1 aromatic heterocycles. The quantitative estimate of drug-likeness (QED) is 0.356. The van der Waals surface area contributed by atoms with E-state index < -0.39 is 10.0 Å². The van der Waals surface area contributed by atoms with Crippen molar-refractivity contribution >= 4 is 44.1 Å². The van der Waals surface area contributed by atoms with Crippen molar-refractivity contribution in [1.29, 1.82) is 0 Å². The number of benzene rings is 3. The molecule has 166 valence electrons. The van der Waals surface area contributed by atoms with Gasteiger partial charge in [0.2, 0.25) is 5.88 Å². The molecule has 4 aromatic rings. The maximum atomic E-state index is 13.1. The molecular weight excluding hydrogens is 438 g/mol. The van der Waals surface area contributed by atoms with Gasteiger partial charge < -0.3 is 15.4 Å². The van der Waals surface area contributed by atoms with Crippen LogP contribution in [0.25, 0.3) is 11.0 Å². The molecule has 0 bridgehead atoms. The first-order valence-electron chi connectivity index (χ1n) is 10.3. The van der Waals surface area contributed by atoms with E-state index in [2.05, 4.69) is 25.3 Å². The molecule has 0 aliphatic carbocycles. The smallest absolute Gasteiger partial charge is 0.263 e. The summed E-state index contributed by atoms with van der Waals surface area (Å²) in [7, 11) is -3.91. The molecule has 0 spiro atoms. The normalized spacial score (nSPS) is 12.6. The fraction of sp³-hybridized carbons (Fsp3) is 0.0833. The summed E-state index contributed by atoms with van der Waals surface area (Å²) in [5, 5.41) is 6.21. The molecule has 5 rings (SSSR count). The average molecular weight is 460 g/mol. The van der Waals surface area contributed by atoms with Gasteiger partial charge in [0.05, 0.1) is 15.9 Å². The third kappa shape index (κ3) is 4.58. The van der Waals surface area contributed by atoms with E-state index in [4.69, 9.17) is 4.74 Å². The molecule has 2 heterocycles. The second-order valence-corrected chi connectivity index (χ2v) is 9.37. The molecule has 0 amide bonds. The molecule has 0 saturated heterocycles. The predicted molar refractivity (Wildman–Crippen MR) is 129 cm³/mol. The van der Waals surface area contributed by atoms with Crippen LogP contribution in [0.1, 0.15) is 11.1 Å². The van der Waals surface area contributed by atoms with Crippen LogP contribution in [0.3, 0.4) is 0 Å². The molecule has 0 atom stereocenters. The topological polar surface area (TPSA) is 109 Å². The molecule has 1 aliphatic rings. The number of nitrogens with zero attached hydrogens (tertiary/aromatic N) is 2. The van der Waals surface area contributed by atoms with E-state index in [1.54, 1.807) is 24.5 Å². The Hall–Kier alpha value is -4.11. The fourth-order valence-electron chi connectivity index (χ4n) is 3.25. The number of nitrogens with one attached hydrogen (secondary N) is 3. The zero-order chi connectivity index (χ0) is 23.0. The Balaban J connectivity index is 1.49. The van der Waals surface area contributed by atoms with Crippen LogP contribution in [0, 0.1) is 13.8 Å². The van der Waals surface area contributed by atoms with Gasteiger partial charge in [0.25, 0.3) is 10.0 Å². The molecule has 1 aliphatic heterocycles. The van der Waals surface area contributed by atoms with E-state index in [1.165, 1.54) is 12.1 Å². The van der Waals surface area contributed by atoms with Gasteiger partial charge >= 0.3 is 0 Å². The Kier molecular flexibility index (Phi) is 5.10. The minimum Gasteiger partial charge on any atom is -0.440 e. The molecular formula is C24H21N5O3S. The van der Waals surface area contributed by atoms with Crippen molar-refractivity contribution < 1.29 is 13.2 Å². The summed E-state index contributed by atoms with van der Waals surface area (Å²) < 4.78 is 33.8. The summed E-state index contributed by atoms with van der Waals surface area (Å²) in [5.41, 5.74) is 5.01. The molecule has 33 heavy (non-hydrogen) atoms. The van der Waals surface area contributed by atoms with E-state index in [0.29, 0.717) is 22.7 Å². The molecule has 0 fully saturated rings. The highest BCUT2D eigenvalue weighted by molar-refractivity contribution is 7.92. The van der Waals surface area contributed by atoms with Crippen LogP contribution in [0.4, 0.5) is 23.0 Å². The van der Waals surface area contributed by atoms with Crippen molar-refractivity contribution in [2.45, 2.75) is 18.7 Å². The second kappa shape index (κ2) is 8.10. The first-order chi connectivity index (χ1) is 15.9. The van der Waals surface area contributed by atoms with Crippen LogP contribution >= 0.6 is 0 Å². The molecule has 0 radical (unpaired) electrons. The van der Waals surface area contributed by atoms with Gasteiger partial charge in [-0.3, -0.25) is 4.72 Å². The van der Waals surface area contributed by atoms with Crippen LogP contribution in [0.2, 0.25) is 0 Å². The first-order valence-corrected chi connectivity index (χ1v) is 11.7. The van der Waals surface area contributed by atoms with Gasteiger partial charge in [0.1, 0.15) is 0 Å². The molecule has 9 heteroatoms. The minimum absolute atomic E-state index is 0.103. The number of para-hydroxylation sites is 2. The van der Waals surface area contributed by atoms with Gasteiger partial charge in [-0.15, -0.1) is 0 Å². The fourth-order valence-corrected chi connectivity index (χ4v) is 4.26. The number of anilines is 4. The van der Waals surface area contributed by atoms with E-state index in [1.807, 2.05) is 50.2 Å². The number of hydrogen-bond donors (Lipinski definition) is 3. The number of aromatic nitrogens is 2. The second-order valence-electron chi connectivity index (χ2n) is 7.69. The van der Waals surface area contributed by atoms with Crippen molar-refractivity contribution in [1.82, 2.24) is 9.97 Å². The van der Waals surface area contributed by atoms with E-state index in [0.717, 1.165) is 22.5 Å². The van der Waals surface area contributed by atoms with Crippen LogP contribution in [0.5, 0.6) is 0 Å². The maximum absolute atomic E-state index is 13.1. The monoisotopic (exact) mass is 459 g/mol. The minimum atomic E-state index is -3.91. The Labute approximate surface area is 191 Å². The lowest BCUT2D eigenvalue weighted by molar-refractivity contribution is 0.507. The SMILES string of the molecule is Cc1ccc(Nc2nc3ccccc3nc2NS(=O)(=O)c2ccc(NC3=CO3)cc2)cc1C. The van der Waals surface area contributed by atoms with Gasteiger partial charge in [-0.1, -0.05) is 18.2 Å². The standard InChI is InChI=1S/C24H21N5O3S/c1-15-7-8-18(13-16(15)2)26-23-24(28-21-6-4-3-5-20(21)27-23)29-33(30,31)19-11-9-17(10-12-19)25-22-14-32-22/h3-14,25H,1-2H3,(H,26,27)(H,28,29). The van der Waals surface area contributed by atoms with E-state index in [-0.39, 0.29) is 10.7 Å². The summed E-state index contributed by atoms with van der Waals surface area (Å²) in [6.07, 6.45) is 1.56. The van der Waals surface area contributed by atoms with E-state index in [9.17, 15) is 8.42 Å². The third-order valence-corrected chi connectivity index (χ3v) is 6.59. The summed E-state index contributed by atoms with van der Waals surface area (Å²) in [4.78, 5) is 9.26. The summed E-state index contributed by atoms with van der Waals surface area (Å²) in [6, 6.07) is 19.6. The number of fused-ring (bicyclic) bond motifs is 1. The highest BCUT2D eigenvalue weighted by atomic mass is 32.2. The lowest BCUT2D eigenvalue weighted by Crippen LogP contribution is -2.16. The summed E-state index contributed by atoms with van der Waals surface area (Å²) >= 11 is 0. The molecule has 0 unspecified atom stereocenters. The van der Waals surface area contributed by atoms with Crippen LogP contribution in [0.15, 0.2) is 83.8 Å². The maximum Gasteiger partial charge on any atom is 0.263 e. The van der Waals surface area contributed by atoms with Crippen LogP contribution in [-0.4, -0.2) is 18.4 Å². The summed E-state index contributed by atoms with van der Waals surface area (Å²) in [5.74, 6) is 1.07. The zero-order valence-electron chi connectivity index (χ0n) is 18.0. The average Bonchev–Trinajstić information content (AvgIpc) is 3.61. The van der Waals surface area contributed by atoms with Crippen molar-refractivity contribution in [2.75, 3.05) is 15.4 Å². The lowest BCUT2D eigenvalue weighted by atomic mass is 10.1. The first kappa shape index (κ1) is 20.8. The van der Waals surface area contributed by atoms with Gasteiger partial charge in [-0.2, -0.15) is 0 Å². The lowest BCUT2D eigenvalue weighted by Gasteiger charge is -2.15. The Morgan fingerprint density at radius 1 is 0.758 bits per heavy atom. The van der Waals surface area contributed by atoms with Crippen molar-refractivity contribution in [3.63, 3.8) is 0 Å². The number of sulfonamides is 1. The highest BCUT2D eigenvalue weighted by Crippen LogP contribution is 2.28. The largest absolute Gasteiger partial charge is 0.440 e. The number of aryl methyl sites for hydroxylation is 2. The Morgan fingerprint density at radius 3 is 2.03 bits per heavy atom. The van der Waals surface area contributed by atoms with Crippen molar-refractivity contribution in [3.8, 4) is 0 Å². The number of ether oxygens (including phenoxy) is 1. The van der Waals surface area contributed by atoms with Gasteiger partial charge in [-0.25, -0.2) is 18.4 Å². The van der Waals surface area contributed by atoms with Gasteiger partial charge in [0.15, 0.2) is 17.9 Å². The van der Waals surface area contributed by atoms with E-state index >= 15 is 0 Å². The Morgan fingerprint density at radius 2 is 1.39 bits per heavy atom. The highest BCUT2D eigenvalue weighted by Gasteiger charge is 2.20. The predicted octanol–water partition coefficient (Wildman–Crippen LogP) is 5.03. The summed E-state index contributed by atoms with van der Waals surface area (Å²) in [6.45, 7) is 4.05. The van der Waals surface area contributed by atoms with Gasteiger partial charge in [0, 0.05) is 11.4 Å². The molecule has 0 saturated carbocycles. The van der Waals surface area contributed by atoms with Crippen molar-refractivity contribution in [3.05, 3.63) is 90.0 Å². The Bertz CT molecular complexity index is 1500. The molecule has 3 N–H and O–H groups in total. The number of rotatable bonds is 7. The molecule has 8 nitrogen and oxygen atoms in total. The van der Waals surface area contributed by atoms with Crippen LogP contribution in [-0.2, 0) is 14.8 Å². The third-order valence-electron chi connectivity index (χ3n) is 5.24. The molecule has 3 aromatic carbocycles. The zero-order valence-corrected chi connectivity index (χ0v) is 18.8. The van der Waals surface area contributed by atoms with Gasteiger partial charge in [-0.05, 0) is 73.5 Å².